The molecule has 2 N–H and O–H groups in total. The van der Waals surface area contributed by atoms with Gasteiger partial charge in [0.2, 0.25) is 11.5 Å². The van der Waals surface area contributed by atoms with E-state index in [0.29, 0.717) is 18.5 Å². The molecule has 2 aliphatic rings. The summed E-state index contributed by atoms with van der Waals surface area (Å²) in [5.74, 6) is -0.396. The Balaban J connectivity index is 1.68. The van der Waals surface area contributed by atoms with Gasteiger partial charge in [0.15, 0.2) is 0 Å². The predicted molar refractivity (Wildman–Crippen MR) is 106 cm³/mol. The molecular formula is C22H18N4O3. The van der Waals surface area contributed by atoms with Crippen molar-refractivity contribution in [3.05, 3.63) is 94.2 Å². The van der Waals surface area contributed by atoms with Gasteiger partial charge in [0.05, 0.1) is 6.04 Å². The quantitative estimate of drug-likeness (QED) is 0.706. The van der Waals surface area contributed by atoms with Crippen LogP contribution in [0.1, 0.15) is 33.9 Å². The number of carbonyl (C=O) groups is 2. The number of anilines is 1. The monoisotopic (exact) mass is 386 g/mol. The van der Waals surface area contributed by atoms with Gasteiger partial charge in [-0.15, -0.1) is 0 Å². The number of rotatable bonds is 2. The zero-order chi connectivity index (χ0) is 20.0. The highest BCUT2D eigenvalue weighted by molar-refractivity contribution is 6.08. The van der Waals surface area contributed by atoms with Gasteiger partial charge in [-0.25, -0.2) is 0 Å². The minimum atomic E-state index is -0.892. The Kier molecular flexibility index (Phi) is 3.84. The number of hydrogen-bond acceptors (Lipinski definition) is 4. The van der Waals surface area contributed by atoms with Gasteiger partial charge in [0, 0.05) is 42.5 Å². The topological polar surface area (TPSA) is 95.2 Å². The maximum atomic E-state index is 13.4. The fourth-order valence-electron chi connectivity index (χ4n) is 4.65. The highest BCUT2D eigenvalue weighted by Gasteiger charge is 2.59. The van der Waals surface area contributed by atoms with E-state index in [1.807, 2.05) is 30.3 Å². The third kappa shape index (κ3) is 2.51. The number of amides is 2. The molecule has 2 atom stereocenters. The van der Waals surface area contributed by atoms with Crippen LogP contribution >= 0.6 is 0 Å². The molecule has 1 spiro atoms. The van der Waals surface area contributed by atoms with Crippen molar-refractivity contribution in [3.8, 4) is 0 Å². The highest BCUT2D eigenvalue weighted by Crippen LogP contribution is 2.54. The van der Waals surface area contributed by atoms with E-state index in [2.05, 4.69) is 15.3 Å². The summed E-state index contributed by atoms with van der Waals surface area (Å²) in [5.41, 5.74) is 1.52. The van der Waals surface area contributed by atoms with Crippen molar-refractivity contribution in [1.82, 2.24) is 14.9 Å². The smallest absolute Gasteiger partial charge is 0.254 e. The van der Waals surface area contributed by atoms with Crippen LogP contribution in [-0.2, 0) is 10.2 Å². The molecule has 1 fully saturated rings. The summed E-state index contributed by atoms with van der Waals surface area (Å²) in [6.45, 7) is 0.396. The molecule has 3 aromatic rings. The molecule has 0 saturated carbocycles. The first kappa shape index (κ1) is 17.4. The Morgan fingerprint density at radius 3 is 2.79 bits per heavy atom. The van der Waals surface area contributed by atoms with Crippen molar-refractivity contribution in [2.75, 3.05) is 11.9 Å². The van der Waals surface area contributed by atoms with Crippen molar-refractivity contribution in [2.45, 2.75) is 17.9 Å². The summed E-state index contributed by atoms with van der Waals surface area (Å²) >= 11 is 0. The molecule has 0 bridgehead atoms. The molecule has 0 aliphatic carbocycles. The number of para-hydroxylation sites is 1. The van der Waals surface area contributed by atoms with E-state index in [1.165, 1.54) is 12.3 Å². The fraction of sp³-hybridized carbons (Fsp3) is 0.182. The van der Waals surface area contributed by atoms with Crippen LogP contribution in [0.25, 0.3) is 0 Å². The molecule has 1 saturated heterocycles. The van der Waals surface area contributed by atoms with E-state index in [4.69, 9.17) is 0 Å². The van der Waals surface area contributed by atoms with Crippen LogP contribution in [0.4, 0.5) is 5.69 Å². The van der Waals surface area contributed by atoms with E-state index in [9.17, 15) is 14.4 Å². The van der Waals surface area contributed by atoms with Crippen LogP contribution in [0, 0.1) is 0 Å². The number of hydrogen-bond donors (Lipinski definition) is 2. The van der Waals surface area contributed by atoms with Gasteiger partial charge in [-0.1, -0.05) is 24.3 Å². The second-order valence-corrected chi connectivity index (χ2v) is 7.35. The van der Waals surface area contributed by atoms with Gasteiger partial charge >= 0.3 is 0 Å². The van der Waals surface area contributed by atoms with Crippen LogP contribution in [0.5, 0.6) is 0 Å². The van der Waals surface area contributed by atoms with Gasteiger partial charge in [-0.05, 0) is 35.7 Å². The Morgan fingerprint density at radius 2 is 2.00 bits per heavy atom. The standard InChI is InChI=1S/C22H18N4O3/c27-18-12-14(7-10-24-18)20(28)26-11-8-22(19(26)15-4-3-9-23-13-15)16-5-1-2-6-17(16)25-21(22)29/h1-7,9-10,12-13,19H,8,11H2,(H,24,27)(H,25,29). The molecule has 2 aliphatic heterocycles. The number of fused-ring (bicyclic) bond motifs is 2. The Hall–Kier alpha value is -3.74. The summed E-state index contributed by atoms with van der Waals surface area (Å²) in [4.78, 5) is 46.8. The minimum absolute atomic E-state index is 0.117. The molecule has 2 unspecified atom stereocenters. The molecule has 7 nitrogen and oxygen atoms in total. The lowest BCUT2D eigenvalue weighted by atomic mass is 9.73. The Labute approximate surface area is 166 Å². The van der Waals surface area contributed by atoms with E-state index in [1.54, 1.807) is 29.4 Å². The molecule has 2 aromatic heterocycles. The molecule has 5 rings (SSSR count). The summed E-state index contributed by atoms with van der Waals surface area (Å²) < 4.78 is 0. The molecule has 2 amide bonds. The van der Waals surface area contributed by atoms with Crippen molar-refractivity contribution in [2.24, 2.45) is 0 Å². The highest BCUT2D eigenvalue weighted by atomic mass is 16.2. The van der Waals surface area contributed by atoms with E-state index < -0.39 is 11.5 Å². The first-order valence-electron chi connectivity index (χ1n) is 9.42. The van der Waals surface area contributed by atoms with Crippen LogP contribution in [0.3, 0.4) is 0 Å². The van der Waals surface area contributed by atoms with Crippen molar-refractivity contribution >= 4 is 17.5 Å². The number of carbonyl (C=O) groups excluding carboxylic acids is 2. The van der Waals surface area contributed by atoms with E-state index in [-0.39, 0.29) is 17.4 Å². The number of benzene rings is 1. The molecule has 0 radical (unpaired) electrons. The van der Waals surface area contributed by atoms with Gasteiger partial charge in [0.1, 0.15) is 5.41 Å². The maximum Gasteiger partial charge on any atom is 0.254 e. The number of pyridine rings is 2. The summed E-state index contributed by atoms with van der Waals surface area (Å²) in [6, 6.07) is 13.6. The van der Waals surface area contributed by atoms with Gasteiger partial charge in [0.25, 0.3) is 5.91 Å². The van der Waals surface area contributed by atoms with E-state index in [0.717, 1.165) is 16.8 Å². The number of H-pyrrole nitrogens is 1. The SMILES string of the molecule is O=C(c1cc[nH]c(=O)c1)N1CCC2(C(=O)Nc3ccccc32)C1c1cccnc1. The van der Waals surface area contributed by atoms with Crippen LogP contribution in [0.15, 0.2) is 71.9 Å². The van der Waals surface area contributed by atoms with Crippen LogP contribution < -0.4 is 10.9 Å². The van der Waals surface area contributed by atoms with Crippen LogP contribution in [-0.4, -0.2) is 33.2 Å². The van der Waals surface area contributed by atoms with Gasteiger partial charge in [-0.2, -0.15) is 0 Å². The molecular weight excluding hydrogens is 368 g/mol. The maximum absolute atomic E-state index is 13.4. The normalized spacial score (nSPS) is 22.6. The third-order valence-electron chi connectivity index (χ3n) is 5.87. The average Bonchev–Trinajstić information content (AvgIpc) is 3.28. The lowest BCUT2D eigenvalue weighted by Crippen LogP contribution is -2.42. The van der Waals surface area contributed by atoms with Crippen molar-refractivity contribution in [1.29, 1.82) is 0 Å². The number of nitrogens with zero attached hydrogens (tertiary/aromatic N) is 2. The lowest BCUT2D eigenvalue weighted by molar-refractivity contribution is -0.121. The van der Waals surface area contributed by atoms with Gasteiger partial charge in [-0.3, -0.25) is 19.4 Å². The zero-order valence-corrected chi connectivity index (χ0v) is 15.5. The fourth-order valence-corrected chi connectivity index (χ4v) is 4.65. The summed E-state index contributed by atoms with van der Waals surface area (Å²) in [6.07, 6.45) is 5.31. The number of aromatic nitrogens is 2. The molecule has 144 valence electrons. The lowest BCUT2D eigenvalue weighted by Gasteiger charge is -2.34. The van der Waals surface area contributed by atoms with Crippen LogP contribution in [0.2, 0.25) is 0 Å². The van der Waals surface area contributed by atoms with Gasteiger partial charge < -0.3 is 15.2 Å². The predicted octanol–water partition coefficient (Wildman–Crippen LogP) is 2.25. The number of aromatic amines is 1. The number of nitrogens with one attached hydrogen (secondary N) is 2. The van der Waals surface area contributed by atoms with E-state index >= 15 is 0 Å². The molecule has 7 heteroatoms. The first-order chi connectivity index (χ1) is 14.1. The second kappa shape index (κ2) is 6.41. The third-order valence-corrected chi connectivity index (χ3v) is 5.87. The number of likely N-dealkylation sites (tertiary alicyclic amines) is 1. The average molecular weight is 386 g/mol. The molecule has 29 heavy (non-hydrogen) atoms. The minimum Gasteiger partial charge on any atom is -0.330 e. The van der Waals surface area contributed by atoms with Crippen molar-refractivity contribution in [3.63, 3.8) is 0 Å². The van der Waals surface area contributed by atoms with Crippen molar-refractivity contribution < 1.29 is 9.59 Å². The second-order valence-electron chi connectivity index (χ2n) is 7.35. The summed E-state index contributed by atoms with van der Waals surface area (Å²) in [7, 11) is 0. The summed E-state index contributed by atoms with van der Waals surface area (Å²) in [5, 5.41) is 2.99. The molecule has 1 aromatic carbocycles. The first-order valence-corrected chi connectivity index (χ1v) is 9.42. The molecule has 4 heterocycles. The Bertz CT molecular complexity index is 1170. The zero-order valence-electron chi connectivity index (χ0n) is 15.5. The largest absolute Gasteiger partial charge is 0.330 e. The Morgan fingerprint density at radius 1 is 1.14 bits per heavy atom.